The van der Waals surface area contributed by atoms with Crippen molar-refractivity contribution in [3.05, 3.63) is 29.6 Å². The molecular weight excluding hydrogens is 234 g/mol. The van der Waals surface area contributed by atoms with Crippen LogP contribution in [0.2, 0.25) is 0 Å². The first-order valence-electron chi connectivity index (χ1n) is 7.57. The van der Waals surface area contributed by atoms with Gasteiger partial charge < -0.3 is 5.32 Å². The molecule has 0 aliphatic rings. The van der Waals surface area contributed by atoms with Crippen molar-refractivity contribution in [3.63, 3.8) is 0 Å². The Balaban J connectivity index is 2.52. The van der Waals surface area contributed by atoms with E-state index >= 15 is 0 Å². The first-order valence-corrected chi connectivity index (χ1v) is 7.57. The summed E-state index contributed by atoms with van der Waals surface area (Å²) in [5, 5.41) is 3.62. The molecule has 3 heteroatoms. The third-order valence-electron chi connectivity index (χ3n) is 3.43. The number of rotatable bonds is 9. The van der Waals surface area contributed by atoms with E-state index in [-0.39, 0.29) is 0 Å². The molecule has 0 amide bonds. The second kappa shape index (κ2) is 9.05. The second-order valence-electron chi connectivity index (χ2n) is 5.16. The zero-order chi connectivity index (χ0) is 14.1. The molecule has 0 radical (unpaired) electrons. The highest BCUT2D eigenvalue weighted by molar-refractivity contribution is 5.09. The number of nitrogens with zero attached hydrogens (tertiary/aromatic N) is 2. The first-order chi connectivity index (χ1) is 9.19. The lowest BCUT2D eigenvalue weighted by Crippen LogP contribution is -2.40. The molecule has 0 aliphatic carbocycles. The van der Waals surface area contributed by atoms with E-state index in [4.69, 9.17) is 0 Å². The Morgan fingerprint density at radius 3 is 2.63 bits per heavy atom. The first kappa shape index (κ1) is 16.1. The van der Waals surface area contributed by atoms with Crippen molar-refractivity contribution in [2.45, 2.75) is 53.1 Å². The summed E-state index contributed by atoms with van der Waals surface area (Å²) in [4.78, 5) is 7.06. The Hall–Kier alpha value is -0.930. The highest BCUT2D eigenvalue weighted by Crippen LogP contribution is 2.05. The van der Waals surface area contributed by atoms with E-state index in [2.05, 4.69) is 61.1 Å². The summed E-state index contributed by atoms with van der Waals surface area (Å²) in [6.07, 6.45) is 2.37. The molecule has 0 bridgehead atoms. The van der Waals surface area contributed by atoms with Crippen LogP contribution in [0.15, 0.2) is 18.2 Å². The molecule has 1 heterocycles. The molecule has 3 nitrogen and oxygen atoms in total. The highest BCUT2D eigenvalue weighted by atomic mass is 15.1. The predicted octanol–water partition coefficient (Wildman–Crippen LogP) is 2.99. The SMILES string of the molecule is CCCNC(CC)CN(CC)Cc1cccc(C)n1. The Bertz CT molecular complexity index is 352. The summed E-state index contributed by atoms with van der Waals surface area (Å²) < 4.78 is 0. The molecular formula is C16H29N3. The van der Waals surface area contributed by atoms with Crippen LogP contribution < -0.4 is 5.32 Å². The predicted molar refractivity (Wildman–Crippen MR) is 82.3 cm³/mol. The van der Waals surface area contributed by atoms with Gasteiger partial charge in [0.1, 0.15) is 0 Å². The second-order valence-corrected chi connectivity index (χ2v) is 5.16. The lowest BCUT2D eigenvalue weighted by molar-refractivity contribution is 0.239. The third-order valence-corrected chi connectivity index (χ3v) is 3.43. The van der Waals surface area contributed by atoms with Crippen LogP contribution in [-0.2, 0) is 6.54 Å². The Morgan fingerprint density at radius 1 is 1.26 bits per heavy atom. The van der Waals surface area contributed by atoms with Crippen LogP contribution in [0, 0.1) is 6.92 Å². The van der Waals surface area contributed by atoms with E-state index in [1.54, 1.807) is 0 Å². The highest BCUT2D eigenvalue weighted by Gasteiger charge is 2.11. The number of hydrogen-bond donors (Lipinski definition) is 1. The van der Waals surface area contributed by atoms with E-state index in [9.17, 15) is 0 Å². The van der Waals surface area contributed by atoms with Crippen molar-refractivity contribution in [1.82, 2.24) is 15.2 Å². The third kappa shape index (κ3) is 6.17. The summed E-state index contributed by atoms with van der Waals surface area (Å²) >= 11 is 0. The molecule has 0 saturated heterocycles. The summed E-state index contributed by atoms with van der Waals surface area (Å²) in [6.45, 7) is 13.0. The smallest absolute Gasteiger partial charge is 0.0547 e. The zero-order valence-electron chi connectivity index (χ0n) is 12.9. The molecule has 0 aliphatic heterocycles. The van der Waals surface area contributed by atoms with Crippen LogP contribution in [0.3, 0.4) is 0 Å². The van der Waals surface area contributed by atoms with Crippen LogP contribution in [0.5, 0.6) is 0 Å². The van der Waals surface area contributed by atoms with E-state index in [1.807, 2.05) is 0 Å². The normalized spacial score (nSPS) is 12.9. The van der Waals surface area contributed by atoms with Crippen molar-refractivity contribution < 1.29 is 0 Å². The van der Waals surface area contributed by atoms with Gasteiger partial charge in [0.05, 0.1) is 5.69 Å². The van der Waals surface area contributed by atoms with Gasteiger partial charge in [0.15, 0.2) is 0 Å². The molecule has 1 unspecified atom stereocenters. The van der Waals surface area contributed by atoms with Gasteiger partial charge in [0, 0.05) is 24.8 Å². The Morgan fingerprint density at radius 2 is 2.05 bits per heavy atom. The van der Waals surface area contributed by atoms with Crippen LogP contribution in [0.4, 0.5) is 0 Å². The van der Waals surface area contributed by atoms with Crippen LogP contribution in [0.25, 0.3) is 0 Å². The molecule has 1 aromatic rings. The van der Waals surface area contributed by atoms with E-state index in [0.717, 1.165) is 31.9 Å². The maximum Gasteiger partial charge on any atom is 0.0547 e. The molecule has 1 rings (SSSR count). The minimum absolute atomic E-state index is 0.588. The van der Waals surface area contributed by atoms with Crippen molar-refractivity contribution in [3.8, 4) is 0 Å². The van der Waals surface area contributed by atoms with Crippen LogP contribution in [-0.4, -0.2) is 35.6 Å². The standard InChI is InChI=1S/C16H29N3/c1-5-11-17-15(6-2)12-19(7-3)13-16-10-8-9-14(4)18-16/h8-10,15,17H,5-7,11-13H2,1-4H3. The summed E-state index contributed by atoms with van der Waals surface area (Å²) in [6, 6.07) is 6.86. The van der Waals surface area contributed by atoms with E-state index < -0.39 is 0 Å². The molecule has 0 saturated carbocycles. The van der Waals surface area contributed by atoms with Gasteiger partial charge >= 0.3 is 0 Å². The molecule has 1 atom stereocenters. The summed E-state index contributed by atoms with van der Waals surface area (Å²) in [7, 11) is 0. The monoisotopic (exact) mass is 263 g/mol. The molecule has 1 N–H and O–H groups in total. The Kier molecular flexibility index (Phi) is 7.68. The van der Waals surface area contributed by atoms with Crippen LogP contribution >= 0.6 is 0 Å². The molecule has 108 valence electrons. The fourth-order valence-electron chi connectivity index (χ4n) is 2.22. The van der Waals surface area contributed by atoms with Crippen molar-refractivity contribution in [2.24, 2.45) is 0 Å². The summed E-state index contributed by atoms with van der Waals surface area (Å²) in [5.74, 6) is 0. The van der Waals surface area contributed by atoms with Gasteiger partial charge in [-0.25, -0.2) is 0 Å². The van der Waals surface area contributed by atoms with Gasteiger partial charge in [-0.05, 0) is 45.0 Å². The van der Waals surface area contributed by atoms with Crippen molar-refractivity contribution >= 4 is 0 Å². The van der Waals surface area contributed by atoms with E-state index in [0.29, 0.717) is 6.04 Å². The maximum absolute atomic E-state index is 4.59. The minimum atomic E-state index is 0.588. The summed E-state index contributed by atoms with van der Waals surface area (Å²) in [5.41, 5.74) is 2.27. The van der Waals surface area contributed by atoms with Crippen molar-refractivity contribution in [2.75, 3.05) is 19.6 Å². The molecule has 0 aromatic carbocycles. The topological polar surface area (TPSA) is 28.2 Å². The van der Waals surface area contributed by atoms with Gasteiger partial charge in [-0.1, -0.05) is 26.8 Å². The fraction of sp³-hybridized carbons (Fsp3) is 0.688. The van der Waals surface area contributed by atoms with Gasteiger partial charge in [-0.2, -0.15) is 0 Å². The number of aromatic nitrogens is 1. The van der Waals surface area contributed by atoms with Crippen LogP contribution in [0.1, 0.15) is 45.0 Å². The quantitative estimate of drug-likeness (QED) is 0.742. The number of aryl methyl sites for hydroxylation is 1. The average Bonchev–Trinajstić information content (AvgIpc) is 2.42. The lowest BCUT2D eigenvalue weighted by atomic mass is 10.2. The average molecular weight is 263 g/mol. The molecule has 0 fully saturated rings. The molecule has 0 spiro atoms. The molecule has 19 heavy (non-hydrogen) atoms. The van der Waals surface area contributed by atoms with Gasteiger partial charge in [0.2, 0.25) is 0 Å². The van der Waals surface area contributed by atoms with E-state index in [1.165, 1.54) is 18.5 Å². The number of pyridine rings is 1. The number of likely N-dealkylation sites (N-methyl/N-ethyl adjacent to an activating group) is 1. The lowest BCUT2D eigenvalue weighted by Gasteiger charge is -2.26. The minimum Gasteiger partial charge on any atom is -0.313 e. The van der Waals surface area contributed by atoms with Gasteiger partial charge in [-0.15, -0.1) is 0 Å². The largest absolute Gasteiger partial charge is 0.313 e. The number of nitrogens with one attached hydrogen (secondary N) is 1. The number of hydrogen-bond acceptors (Lipinski definition) is 3. The maximum atomic E-state index is 4.59. The zero-order valence-corrected chi connectivity index (χ0v) is 12.9. The van der Waals surface area contributed by atoms with Gasteiger partial charge in [0.25, 0.3) is 0 Å². The van der Waals surface area contributed by atoms with Crippen molar-refractivity contribution in [1.29, 1.82) is 0 Å². The fourth-order valence-corrected chi connectivity index (χ4v) is 2.22. The molecule has 1 aromatic heterocycles. The van der Waals surface area contributed by atoms with Gasteiger partial charge in [-0.3, -0.25) is 9.88 Å². The Labute approximate surface area is 118 Å².